The fraction of sp³-hybridized carbons (Fsp3) is 0.238. The number of hydrogen-bond acceptors (Lipinski definition) is 8. The maximum Gasteiger partial charge on any atom is 0.209 e. The Morgan fingerprint density at radius 2 is 1.80 bits per heavy atom. The average Bonchev–Trinajstić information content (AvgIpc) is 3.00. The number of benzene rings is 2. The minimum absolute atomic E-state index is 0.0872. The highest BCUT2D eigenvalue weighted by Gasteiger charge is 2.36. The second kappa shape index (κ2) is 6.81. The number of rotatable bonds is 2. The zero-order valence-electron chi connectivity index (χ0n) is 15.8. The van der Waals surface area contributed by atoms with Crippen LogP contribution in [0.2, 0.25) is 0 Å². The van der Waals surface area contributed by atoms with Crippen molar-refractivity contribution in [3.05, 3.63) is 46.5 Å². The van der Waals surface area contributed by atoms with Crippen LogP contribution in [0.1, 0.15) is 38.3 Å². The van der Waals surface area contributed by atoms with Gasteiger partial charge in [0.1, 0.15) is 11.5 Å². The number of aromatic hydroxyl groups is 2. The molecule has 30 heavy (non-hydrogen) atoms. The Bertz CT molecular complexity index is 1240. The lowest BCUT2D eigenvalue weighted by Gasteiger charge is -2.19. The lowest BCUT2D eigenvalue weighted by Crippen LogP contribution is -2.29. The van der Waals surface area contributed by atoms with Crippen molar-refractivity contribution in [1.82, 2.24) is 9.88 Å². The predicted octanol–water partition coefficient (Wildman–Crippen LogP) is 2.15. The molecule has 0 spiro atoms. The van der Waals surface area contributed by atoms with Crippen molar-refractivity contribution in [1.29, 1.82) is 0 Å². The van der Waals surface area contributed by atoms with E-state index in [-0.39, 0.29) is 33.8 Å². The van der Waals surface area contributed by atoms with Crippen LogP contribution in [-0.2, 0) is 4.79 Å². The fourth-order valence-electron chi connectivity index (χ4n) is 4.08. The van der Waals surface area contributed by atoms with Crippen LogP contribution in [0.5, 0.6) is 11.5 Å². The molecule has 0 unspecified atom stereocenters. The van der Waals surface area contributed by atoms with Crippen molar-refractivity contribution < 1.29 is 24.6 Å². The van der Waals surface area contributed by atoms with Crippen LogP contribution >= 0.6 is 11.3 Å². The SMILES string of the molecule is O=CN1CCCN(c2nc3cc(O)c4c(c3s2)C(=O)c2cccc(O)c2C4=O)CC1. The highest BCUT2D eigenvalue weighted by atomic mass is 32.1. The Morgan fingerprint density at radius 3 is 2.60 bits per heavy atom. The van der Waals surface area contributed by atoms with Gasteiger partial charge in [0.05, 0.1) is 26.9 Å². The van der Waals surface area contributed by atoms with Crippen LogP contribution in [0.4, 0.5) is 5.13 Å². The number of anilines is 1. The number of carbonyl (C=O) groups excluding carboxylic acids is 3. The molecule has 2 aliphatic rings. The molecule has 2 N–H and O–H groups in total. The van der Waals surface area contributed by atoms with Crippen molar-refractivity contribution in [2.75, 3.05) is 31.1 Å². The third-order valence-electron chi connectivity index (χ3n) is 5.57. The number of fused-ring (bicyclic) bond motifs is 4. The summed E-state index contributed by atoms with van der Waals surface area (Å²) in [5.74, 6) is -1.62. The molecule has 5 rings (SSSR count). The van der Waals surface area contributed by atoms with E-state index in [2.05, 4.69) is 4.98 Å². The number of ketones is 2. The first-order valence-corrected chi connectivity index (χ1v) is 10.3. The van der Waals surface area contributed by atoms with Crippen LogP contribution in [0.15, 0.2) is 24.3 Å². The average molecular weight is 423 g/mol. The number of phenols is 2. The number of carbonyl (C=O) groups is 3. The van der Waals surface area contributed by atoms with Gasteiger partial charge in [-0.2, -0.15) is 0 Å². The van der Waals surface area contributed by atoms with E-state index in [1.165, 1.54) is 35.6 Å². The first-order valence-electron chi connectivity index (χ1n) is 9.51. The molecule has 1 aliphatic carbocycles. The molecule has 1 amide bonds. The van der Waals surface area contributed by atoms with Crippen molar-refractivity contribution in [3.63, 3.8) is 0 Å². The van der Waals surface area contributed by atoms with Crippen molar-refractivity contribution in [3.8, 4) is 11.5 Å². The second-order valence-electron chi connectivity index (χ2n) is 7.33. The van der Waals surface area contributed by atoms with Gasteiger partial charge >= 0.3 is 0 Å². The summed E-state index contributed by atoms with van der Waals surface area (Å²) >= 11 is 1.29. The van der Waals surface area contributed by atoms with E-state index in [9.17, 15) is 24.6 Å². The van der Waals surface area contributed by atoms with Gasteiger partial charge in [0.25, 0.3) is 0 Å². The normalized spacial score (nSPS) is 16.4. The topological polar surface area (TPSA) is 111 Å². The Morgan fingerprint density at radius 1 is 0.967 bits per heavy atom. The van der Waals surface area contributed by atoms with E-state index in [0.717, 1.165) is 12.8 Å². The third-order valence-corrected chi connectivity index (χ3v) is 6.72. The first kappa shape index (κ1) is 18.6. The van der Waals surface area contributed by atoms with Gasteiger partial charge in [-0.25, -0.2) is 4.98 Å². The van der Waals surface area contributed by atoms with Crippen LogP contribution in [-0.4, -0.2) is 64.3 Å². The smallest absolute Gasteiger partial charge is 0.209 e. The molecule has 1 aliphatic heterocycles. The van der Waals surface area contributed by atoms with Gasteiger partial charge in [0, 0.05) is 37.8 Å². The molecule has 0 saturated carbocycles. The number of aromatic nitrogens is 1. The summed E-state index contributed by atoms with van der Waals surface area (Å²) in [5.41, 5.74) is 0.495. The quantitative estimate of drug-likeness (QED) is 0.475. The summed E-state index contributed by atoms with van der Waals surface area (Å²) in [5, 5.41) is 21.3. The van der Waals surface area contributed by atoms with Crippen LogP contribution < -0.4 is 4.90 Å². The van der Waals surface area contributed by atoms with E-state index in [4.69, 9.17) is 0 Å². The number of thiazole rings is 1. The minimum Gasteiger partial charge on any atom is -0.507 e. The van der Waals surface area contributed by atoms with Gasteiger partial charge in [0.15, 0.2) is 10.9 Å². The monoisotopic (exact) mass is 423 g/mol. The largest absolute Gasteiger partial charge is 0.507 e. The first-order chi connectivity index (χ1) is 14.5. The predicted molar refractivity (Wildman–Crippen MR) is 111 cm³/mol. The molecule has 1 fully saturated rings. The molecule has 0 bridgehead atoms. The van der Waals surface area contributed by atoms with Crippen molar-refractivity contribution in [2.24, 2.45) is 0 Å². The van der Waals surface area contributed by atoms with E-state index >= 15 is 0 Å². The van der Waals surface area contributed by atoms with Crippen molar-refractivity contribution >= 4 is 44.7 Å². The maximum atomic E-state index is 13.2. The molecule has 3 aromatic rings. The van der Waals surface area contributed by atoms with E-state index < -0.39 is 11.6 Å². The van der Waals surface area contributed by atoms with Gasteiger partial charge in [-0.1, -0.05) is 23.5 Å². The standard InChI is InChI=1S/C21H17N3O5S/c25-10-23-5-2-6-24(8-7-23)21-22-12-9-14(27)16-17(20(12)30-21)18(28)11-3-1-4-13(26)15(11)19(16)29/h1,3-4,9-10,26-27H,2,5-8H2. The molecule has 0 radical (unpaired) electrons. The van der Waals surface area contributed by atoms with Gasteiger partial charge in [0.2, 0.25) is 12.2 Å². The summed E-state index contributed by atoms with van der Waals surface area (Å²) < 4.78 is 0.529. The number of phenolic OH excluding ortho intramolecular Hbond substituents is 2. The van der Waals surface area contributed by atoms with Gasteiger partial charge in [-0.3, -0.25) is 14.4 Å². The number of amides is 1. The van der Waals surface area contributed by atoms with Crippen LogP contribution in [0, 0.1) is 0 Å². The zero-order chi connectivity index (χ0) is 21.0. The molecular weight excluding hydrogens is 406 g/mol. The highest BCUT2D eigenvalue weighted by Crippen LogP contribution is 2.43. The van der Waals surface area contributed by atoms with Gasteiger partial charge in [-0.15, -0.1) is 0 Å². The Labute approximate surface area is 175 Å². The molecule has 8 nitrogen and oxygen atoms in total. The molecule has 9 heteroatoms. The summed E-state index contributed by atoms with van der Waals surface area (Å²) in [6.07, 6.45) is 1.63. The molecule has 1 saturated heterocycles. The van der Waals surface area contributed by atoms with Crippen LogP contribution in [0.25, 0.3) is 10.2 Å². The Balaban J connectivity index is 1.65. The lowest BCUT2D eigenvalue weighted by molar-refractivity contribution is -0.117. The summed E-state index contributed by atoms with van der Waals surface area (Å²) in [7, 11) is 0. The van der Waals surface area contributed by atoms with Gasteiger partial charge in [-0.05, 0) is 12.5 Å². The third kappa shape index (κ3) is 2.66. The molecule has 2 heterocycles. The van der Waals surface area contributed by atoms with E-state index in [0.29, 0.717) is 41.5 Å². The highest BCUT2D eigenvalue weighted by molar-refractivity contribution is 7.22. The molecule has 0 atom stereocenters. The summed E-state index contributed by atoms with van der Waals surface area (Å²) in [6, 6.07) is 5.74. The van der Waals surface area contributed by atoms with Crippen LogP contribution in [0.3, 0.4) is 0 Å². The zero-order valence-corrected chi connectivity index (χ0v) is 16.6. The Kier molecular flexibility index (Phi) is 4.21. The number of nitrogens with zero attached hydrogens (tertiary/aromatic N) is 3. The van der Waals surface area contributed by atoms with E-state index in [1.807, 2.05) is 4.90 Å². The second-order valence-corrected chi connectivity index (χ2v) is 8.31. The van der Waals surface area contributed by atoms with Crippen molar-refractivity contribution in [2.45, 2.75) is 6.42 Å². The summed E-state index contributed by atoms with van der Waals surface area (Å²) in [4.78, 5) is 45.7. The minimum atomic E-state index is -0.580. The fourth-order valence-corrected chi connectivity index (χ4v) is 5.23. The lowest BCUT2D eigenvalue weighted by atomic mass is 9.83. The number of hydrogen-bond donors (Lipinski definition) is 2. The Hall–Kier alpha value is -3.46. The molecular formula is C21H17N3O5S. The van der Waals surface area contributed by atoms with E-state index in [1.54, 1.807) is 4.90 Å². The molecule has 1 aromatic heterocycles. The van der Waals surface area contributed by atoms with Gasteiger partial charge < -0.3 is 20.0 Å². The molecule has 2 aromatic carbocycles. The molecule has 152 valence electrons. The summed E-state index contributed by atoms with van der Waals surface area (Å²) in [6.45, 7) is 2.57. The maximum absolute atomic E-state index is 13.2.